The lowest BCUT2D eigenvalue weighted by atomic mass is 10.2. The van der Waals surface area contributed by atoms with Gasteiger partial charge in [0.05, 0.1) is 6.61 Å². The van der Waals surface area contributed by atoms with E-state index in [0.717, 1.165) is 26.1 Å². The van der Waals surface area contributed by atoms with Crippen molar-refractivity contribution in [1.82, 2.24) is 0 Å². The third kappa shape index (κ3) is 6.41. The minimum atomic E-state index is 0.736. The predicted molar refractivity (Wildman–Crippen MR) is 69.4 cm³/mol. The lowest BCUT2D eigenvalue weighted by Gasteiger charge is -2.02. The van der Waals surface area contributed by atoms with Crippen LogP contribution < -0.4 is 0 Å². The van der Waals surface area contributed by atoms with Crippen molar-refractivity contribution >= 4 is 0 Å². The Balaban J connectivity index is 1.96. The average Bonchev–Trinajstić information content (AvgIpc) is 2.34. The van der Waals surface area contributed by atoms with Crippen molar-refractivity contribution in [3.63, 3.8) is 0 Å². The molecule has 1 nitrogen and oxygen atoms in total. The van der Waals surface area contributed by atoms with Crippen molar-refractivity contribution in [2.75, 3.05) is 6.61 Å². The van der Waals surface area contributed by atoms with Crippen LogP contribution in [-0.2, 0) is 11.3 Å². The third-order valence-corrected chi connectivity index (χ3v) is 2.39. The van der Waals surface area contributed by atoms with E-state index in [0.29, 0.717) is 0 Å². The largest absolute Gasteiger partial charge is 0.377 e. The summed E-state index contributed by atoms with van der Waals surface area (Å²) in [4.78, 5) is 0. The molecule has 0 radical (unpaired) electrons. The number of benzene rings is 1. The van der Waals surface area contributed by atoms with E-state index < -0.39 is 0 Å². The summed E-state index contributed by atoms with van der Waals surface area (Å²) in [5.74, 6) is 0. The van der Waals surface area contributed by atoms with Crippen molar-refractivity contribution in [3.05, 3.63) is 48.0 Å². The molecule has 0 aromatic heterocycles. The molecule has 0 atom stereocenters. The number of hydrogen-bond acceptors (Lipinski definition) is 1. The fourth-order valence-electron chi connectivity index (χ4n) is 1.47. The summed E-state index contributed by atoms with van der Waals surface area (Å²) in [6.45, 7) is 3.79. The molecule has 0 spiro atoms. The Morgan fingerprint density at radius 3 is 2.56 bits per heavy atom. The van der Waals surface area contributed by atoms with Gasteiger partial charge in [0.1, 0.15) is 0 Å². The van der Waals surface area contributed by atoms with Crippen LogP contribution in [-0.4, -0.2) is 6.61 Å². The molecule has 16 heavy (non-hydrogen) atoms. The zero-order chi connectivity index (χ0) is 11.5. The Labute approximate surface area is 99.1 Å². The molecule has 0 N–H and O–H groups in total. The van der Waals surface area contributed by atoms with Crippen molar-refractivity contribution in [2.24, 2.45) is 0 Å². The standard InChI is InChI=1S/C15H22O/c1-2-3-4-5-6-10-13-16-14-15-11-8-7-9-12-15/h4-5,7-9,11-12H,2-3,6,10,13-14H2,1H3. The molecule has 0 saturated heterocycles. The number of unbranched alkanes of at least 4 members (excludes halogenated alkanes) is 2. The minimum Gasteiger partial charge on any atom is -0.377 e. The first-order valence-electron chi connectivity index (χ1n) is 6.20. The Bertz CT molecular complexity index is 277. The molecule has 1 rings (SSSR count). The Hall–Kier alpha value is -1.08. The van der Waals surface area contributed by atoms with Gasteiger partial charge in [-0.3, -0.25) is 0 Å². The highest BCUT2D eigenvalue weighted by atomic mass is 16.5. The summed E-state index contributed by atoms with van der Waals surface area (Å²) >= 11 is 0. The van der Waals surface area contributed by atoms with E-state index in [1.54, 1.807) is 0 Å². The summed E-state index contributed by atoms with van der Waals surface area (Å²) in [7, 11) is 0. The average molecular weight is 218 g/mol. The van der Waals surface area contributed by atoms with E-state index in [1.165, 1.54) is 18.4 Å². The van der Waals surface area contributed by atoms with Gasteiger partial charge in [-0.2, -0.15) is 0 Å². The Morgan fingerprint density at radius 2 is 1.81 bits per heavy atom. The molecular weight excluding hydrogens is 196 g/mol. The van der Waals surface area contributed by atoms with Crippen LogP contribution in [0.1, 0.15) is 38.2 Å². The van der Waals surface area contributed by atoms with Crippen molar-refractivity contribution < 1.29 is 4.74 Å². The molecule has 0 unspecified atom stereocenters. The zero-order valence-electron chi connectivity index (χ0n) is 10.2. The first-order chi connectivity index (χ1) is 7.93. The van der Waals surface area contributed by atoms with E-state index in [2.05, 4.69) is 31.2 Å². The summed E-state index contributed by atoms with van der Waals surface area (Å²) in [6, 6.07) is 10.3. The summed E-state index contributed by atoms with van der Waals surface area (Å²) in [6.07, 6.45) is 9.21. The molecule has 0 aliphatic carbocycles. The third-order valence-electron chi connectivity index (χ3n) is 2.39. The van der Waals surface area contributed by atoms with Crippen LogP contribution >= 0.6 is 0 Å². The Kier molecular flexibility index (Phi) is 7.44. The normalized spacial score (nSPS) is 11.1. The summed E-state index contributed by atoms with van der Waals surface area (Å²) in [5.41, 5.74) is 1.25. The van der Waals surface area contributed by atoms with Crippen LogP contribution in [0, 0.1) is 0 Å². The van der Waals surface area contributed by atoms with E-state index in [9.17, 15) is 0 Å². The second-order valence-corrected chi connectivity index (χ2v) is 3.94. The van der Waals surface area contributed by atoms with Crippen molar-refractivity contribution in [2.45, 2.75) is 39.2 Å². The topological polar surface area (TPSA) is 9.23 Å². The highest BCUT2D eigenvalue weighted by Crippen LogP contribution is 2.02. The molecule has 0 aliphatic heterocycles. The smallest absolute Gasteiger partial charge is 0.0716 e. The SMILES string of the molecule is CCCC=CCCCOCc1ccccc1. The number of rotatable bonds is 8. The second kappa shape index (κ2) is 9.17. The molecule has 0 aliphatic rings. The van der Waals surface area contributed by atoms with Crippen LogP contribution in [0.25, 0.3) is 0 Å². The van der Waals surface area contributed by atoms with Gasteiger partial charge in [0, 0.05) is 6.61 Å². The molecule has 0 saturated carbocycles. The van der Waals surface area contributed by atoms with Crippen LogP contribution in [0.5, 0.6) is 0 Å². The van der Waals surface area contributed by atoms with Crippen molar-refractivity contribution in [1.29, 1.82) is 0 Å². The van der Waals surface area contributed by atoms with E-state index in [-0.39, 0.29) is 0 Å². The monoisotopic (exact) mass is 218 g/mol. The van der Waals surface area contributed by atoms with Gasteiger partial charge in [-0.1, -0.05) is 55.8 Å². The van der Waals surface area contributed by atoms with Gasteiger partial charge >= 0.3 is 0 Å². The zero-order valence-corrected chi connectivity index (χ0v) is 10.2. The molecule has 1 aromatic carbocycles. The summed E-state index contributed by atoms with van der Waals surface area (Å²) < 4.78 is 5.59. The van der Waals surface area contributed by atoms with Crippen LogP contribution in [0.3, 0.4) is 0 Å². The maximum absolute atomic E-state index is 5.59. The molecule has 0 amide bonds. The number of allylic oxidation sites excluding steroid dienone is 2. The maximum Gasteiger partial charge on any atom is 0.0716 e. The van der Waals surface area contributed by atoms with Crippen molar-refractivity contribution in [3.8, 4) is 0 Å². The molecule has 0 fully saturated rings. The molecule has 1 aromatic rings. The highest BCUT2D eigenvalue weighted by Gasteiger charge is 1.90. The van der Waals surface area contributed by atoms with Crippen LogP contribution in [0.15, 0.2) is 42.5 Å². The number of hydrogen-bond donors (Lipinski definition) is 0. The highest BCUT2D eigenvalue weighted by molar-refractivity contribution is 5.13. The Morgan fingerprint density at radius 1 is 1.06 bits per heavy atom. The molecule has 0 heterocycles. The van der Waals surface area contributed by atoms with E-state index in [4.69, 9.17) is 4.74 Å². The minimum absolute atomic E-state index is 0.736. The lowest BCUT2D eigenvalue weighted by Crippen LogP contribution is -1.94. The van der Waals surface area contributed by atoms with Crippen LogP contribution in [0.4, 0.5) is 0 Å². The van der Waals surface area contributed by atoms with Gasteiger partial charge in [-0.15, -0.1) is 0 Å². The summed E-state index contributed by atoms with van der Waals surface area (Å²) in [5, 5.41) is 0. The second-order valence-electron chi connectivity index (χ2n) is 3.94. The van der Waals surface area contributed by atoms with E-state index >= 15 is 0 Å². The molecule has 1 heteroatoms. The van der Waals surface area contributed by atoms with Gasteiger partial charge in [0.2, 0.25) is 0 Å². The predicted octanol–water partition coefficient (Wildman–Crippen LogP) is 4.34. The van der Waals surface area contributed by atoms with Gasteiger partial charge in [-0.05, 0) is 24.8 Å². The van der Waals surface area contributed by atoms with Crippen LogP contribution in [0.2, 0.25) is 0 Å². The first kappa shape index (κ1) is 13.0. The van der Waals surface area contributed by atoms with Gasteiger partial charge in [0.15, 0.2) is 0 Å². The maximum atomic E-state index is 5.59. The fourth-order valence-corrected chi connectivity index (χ4v) is 1.47. The lowest BCUT2D eigenvalue weighted by molar-refractivity contribution is 0.119. The number of ether oxygens (including phenoxy) is 1. The van der Waals surface area contributed by atoms with E-state index in [1.807, 2.05) is 18.2 Å². The van der Waals surface area contributed by atoms with Gasteiger partial charge < -0.3 is 4.74 Å². The molecular formula is C15H22O. The first-order valence-corrected chi connectivity index (χ1v) is 6.20. The quantitative estimate of drug-likeness (QED) is 0.466. The van der Waals surface area contributed by atoms with Gasteiger partial charge in [0.25, 0.3) is 0 Å². The molecule has 88 valence electrons. The molecule has 0 bridgehead atoms. The fraction of sp³-hybridized carbons (Fsp3) is 0.467. The van der Waals surface area contributed by atoms with Gasteiger partial charge in [-0.25, -0.2) is 0 Å².